The third-order valence-corrected chi connectivity index (χ3v) is 4.44. The Bertz CT molecular complexity index is 1100. The average Bonchev–Trinajstić information content (AvgIpc) is 3.09. The van der Waals surface area contributed by atoms with Crippen LogP contribution in [0.5, 0.6) is 0 Å². The smallest absolute Gasteiger partial charge is 0.266 e. The maximum absolute atomic E-state index is 12.5. The molecular weight excluding hydrogens is 332 g/mol. The normalized spacial score (nSPS) is 12.1. The van der Waals surface area contributed by atoms with Gasteiger partial charge in [-0.25, -0.2) is 0 Å². The topological polar surface area (TPSA) is 60.2 Å². The van der Waals surface area contributed by atoms with Gasteiger partial charge in [0.25, 0.3) is 5.56 Å². The van der Waals surface area contributed by atoms with Gasteiger partial charge in [-0.3, -0.25) is 9.78 Å². The molecule has 0 aliphatic carbocycles. The van der Waals surface area contributed by atoms with Crippen LogP contribution in [0, 0.1) is 0 Å². The van der Waals surface area contributed by atoms with Crippen molar-refractivity contribution in [2.45, 2.75) is 0 Å². The summed E-state index contributed by atoms with van der Waals surface area (Å²) in [5.74, 6) is 0.496. The van der Waals surface area contributed by atoms with Crippen molar-refractivity contribution in [2.24, 2.45) is 0 Å². The first-order valence-corrected chi connectivity index (χ1v) is 7.97. The van der Waals surface area contributed by atoms with Crippen LogP contribution in [0.25, 0.3) is 22.4 Å². The third kappa shape index (κ3) is 2.62. The molecule has 0 radical (unpaired) electrons. The van der Waals surface area contributed by atoms with Crippen LogP contribution >= 0.6 is 22.9 Å². The van der Waals surface area contributed by atoms with Gasteiger partial charge in [0.15, 0.2) is 5.82 Å². The Morgan fingerprint density at radius 2 is 2.13 bits per heavy atom. The van der Waals surface area contributed by atoms with Crippen LogP contribution < -0.4 is 10.1 Å². The first-order valence-electron chi connectivity index (χ1n) is 6.78. The van der Waals surface area contributed by atoms with E-state index in [2.05, 4.69) is 15.1 Å². The van der Waals surface area contributed by atoms with E-state index in [9.17, 15) is 4.79 Å². The first-order chi connectivity index (χ1) is 11.2. The van der Waals surface area contributed by atoms with Crippen LogP contribution in [0.4, 0.5) is 0 Å². The fraction of sp³-hybridized carbons (Fsp3) is 0. The second kappa shape index (κ2) is 5.57. The van der Waals surface area contributed by atoms with Crippen LogP contribution in [0.15, 0.2) is 53.6 Å². The van der Waals surface area contributed by atoms with Crippen molar-refractivity contribution in [2.75, 3.05) is 0 Å². The van der Waals surface area contributed by atoms with E-state index in [1.54, 1.807) is 36.7 Å². The molecule has 0 saturated heterocycles. The molecule has 4 aromatic rings. The molecule has 3 heterocycles. The van der Waals surface area contributed by atoms with Crippen LogP contribution in [0.3, 0.4) is 0 Å². The van der Waals surface area contributed by atoms with E-state index in [-0.39, 0.29) is 5.56 Å². The third-order valence-electron chi connectivity index (χ3n) is 3.25. The number of pyridine rings is 1. The summed E-state index contributed by atoms with van der Waals surface area (Å²) in [6.07, 6.45) is 5.14. The Kier molecular flexibility index (Phi) is 3.40. The number of halogens is 1. The Morgan fingerprint density at radius 3 is 2.87 bits per heavy atom. The summed E-state index contributed by atoms with van der Waals surface area (Å²) in [6, 6.07) is 11.0. The lowest BCUT2D eigenvalue weighted by atomic mass is 10.2. The Morgan fingerprint density at radius 1 is 1.22 bits per heavy atom. The molecule has 0 saturated carbocycles. The van der Waals surface area contributed by atoms with Crippen molar-refractivity contribution < 1.29 is 0 Å². The summed E-state index contributed by atoms with van der Waals surface area (Å²) < 4.78 is 1.89. The number of rotatable bonds is 2. The van der Waals surface area contributed by atoms with E-state index < -0.39 is 0 Å². The van der Waals surface area contributed by atoms with Crippen LogP contribution in [-0.2, 0) is 0 Å². The second-order valence-electron chi connectivity index (χ2n) is 4.84. The van der Waals surface area contributed by atoms with Crippen molar-refractivity contribution in [3.63, 3.8) is 0 Å². The monoisotopic (exact) mass is 340 g/mol. The molecule has 0 aliphatic rings. The number of nitrogens with zero attached hydrogens (tertiary/aromatic N) is 4. The Labute approximate surface area is 139 Å². The fourth-order valence-corrected chi connectivity index (χ4v) is 3.31. The van der Waals surface area contributed by atoms with Crippen molar-refractivity contribution in [1.82, 2.24) is 19.6 Å². The van der Waals surface area contributed by atoms with Crippen LogP contribution in [-0.4, -0.2) is 19.6 Å². The van der Waals surface area contributed by atoms with Gasteiger partial charge < -0.3 is 0 Å². The van der Waals surface area contributed by atoms with E-state index in [1.165, 1.54) is 15.9 Å². The molecule has 0 N–H and O–H groups in total. The maximum atomic E-state index is 12.5. The van der Waals surface area contributed by atoms with E-state index in [0.29, 0.717) is 20.3 Å². The highest BCUT2D eigenvalue weighted by atomic mass is 35.5. The highest BCUT2D eigenvalue weighted by Gasteiger charge is 2.11. The van der Waals surface area contributed by atoms with Gasteiger partial charge in [0.1, 0.15) is 0 Å². The molecule has 112 valence electrons. The van der Waals surface area contributed by atoms with Gasteiger partial charge in [-0.05, 0) is 35.9 Å². The van der Waals surface area contributed by atoms with Gasteiger partial charge in [-0.15, -0.1) is 5.10 Å². The van der Waals surface area contributed by atoms with Crippen LogP contribution in [0.1, 0.15) is 5.56 Å². The number of benzene rings is 1. The van der Waals surface area contributed by atoms with Gasteiger partial charge >= 0.3 is 0 Å². The summed E-state index contributed by atoms with van der Waals surface area (Å²) in [6.45, 7) is 0. The summed E-state index contributed by atoms with van der Waals surface area (Å²) in [4.78, 5) is 21.5. The van der Waals surface area contributed by atoms with Gasteiger partial charge in [-0.2, -0.15) is 9.50 Å². The van der Waals surface area contributed by atoms with E-state index >= 15 is 0 Å². The Balaban J connectivity index is 1.84. The molecule has 0 atom stereocenters. The largest absolute Gasteiger partial charge is 0.291 e. The van der Waals surface area contributed by atoms with Crippen molar-refractivity contribution in [1.29, 1.82) is 0 Å². The lowest BCUT2D eigenvalue weighted by Gasteiger charge is -1.92. The number of thiazole rings is 1. The zero-order chi connectivity index (χ0) is 15.8. The summed E-state index contributed by atoms with van der Waals surface area (Å²) in [5, 5.41) is 4.91. The van der Waals surface area contributed by atoms with E-state index in [4.69, 9.17) is 11.6 Å². The Hall–Kier alpha value is -2.57. The number of fused-ring (bicyclic) bond motifs is 1. The predicted octanol–water partition coefficient (Wildman–Crippen LogP) is 2.41. The molecule has 3 aromatic heterocycles. The minimum absolute atomic E-state index is 0.187. The van der Waals surface area contributed by atoms with Crippen molar-refractivity contribution in [3.8, 4) is 11.4 Å². The molecule has 4 rings (SSSR count). The van der Waals surface area contributed by atoms with Gasteiger partial charge in [-0.1, -0.05) is 35.1 Å². The molecule has 0 unspecified atom stereocenters. The predicted molar refractivity (Wildman–Crippen MR) is 90.6 cm³/mol. The zero-order valence-corrected chi connectivity index (χ0v) is 13.3. The summed E-state index contributed by atoms with van der Waals surface area (Å²) in [5.41, 5.74) is 1.46. The molecule has 0 amide bonds. The first kappa shape index (κ1) is 14.0. The molecule has 23 heavy (non-hydrogen) atoms. The molecule has 0 spiro atoms. The van der Waals surface area contributed by atoms with E-state index in [1.807, 2.05) is 18.2 Å². The van der Waals surface area contributed by atoms with Crippen LogP contribution in [0.2, 0.25) is 5.02 Å². The number of hydrogen-bond donors (Lipinski definition) is 0. The van der Waals surface area contributed by atoms with Crippen molar-refractivity contribution >= 4 is 34.0 Å². The number of aromatic nitrogens is 4. The lowest BCUT2D eigenvalue weighted by Crippen LogP contribution is -2.23. The summed E-state index contributed by atoms with van der Waals surface area (Å²) >= 11 is 7.26. The minimum Gasteiger partial charge on any atom is -0.266 e. The zero-order valence-electron chi connectivity index (χ0n) is 11.7. The molecule has 1 aromatic carbocycles. The highest BCUT2D eigenvalue weighted by Crippen LogP contribution is 2.15. The average molecular weight is 341 g/mol. The molecule has 0 fully saturated rings. The highest BCUT2D eigenvalue weighted by molar-refractivity contribution is 7.15. The lowest BCUT2D eigenvalue weighted by molar-refractivity contribution is 0.936. The minimum atomic E-state index is -0.187. The van der Waals surface area contributed by atoms with Gasteiger partial charge in [0.2, 0.25) is 4.96 Å². The van der Waals surface area contributed by atoms with Crippen molar-refractivity contribution in [3.05, 3.63) is 74.3 Å². The SMILES string of the molecule is O=c1c(=Cc2cccc(Cl)c2)sc2nc(-c3cccnc3)nn12. The van der Waals surface area contributed by atoms with E-state index in [0.717, 1.165) is 11.1 Å². The molecule has 5 nitrogen and oxygen atoms in total. The second-order valence-corrected chi connectivity index (χ2v) is 6.29. The van der Waals surface area contributed by atoms with Gasteiger partial charge in [0, 0.05) is 23.0 Å². The molecule has 7 heteroatoms. The molecular formula is C16H9ClN4OS. The number of hydrogen-bond acceptors (Lipinski definition) is 5. The molecule has 0 aliphatic heterocycles. The van der Waals surface area contributed by atoms with Gasteiger partial charge in [0.05, 0.1) is 4.53 Å². The maximum Gasteiger partial charge on any atom is 0.291 e. The molecule has 0 bridgehead atoms. The fourth-order valence-electron chi connectivity index (χ4n) is 2.20. The summed E-state index contributed by atoms with van der Waals surface area (Å²) in [7, 11) is 0. The standard InChI is InChI=1S/C16H9ClN4OS/c17-12-5-1-3-10(7-12)8-13-15(22)21-16(23-13)19-14(20-21)11-4-2-6-18-9-11/h1-9H. The quantitative estimate of drug-likeness (QED) is 0.562.